The van der Waals surface area contributed by atoms with Crippen molar-refractivity contribution in [1.82, 2.24) is 5.32 Å². The van der Waals surface area contributed by atoms with Gasteiger partial charge >= 0.3 is 0 Å². The Bertz CT molecular complexity index is 470. The van der Waals surface area contributed by atoms with Crippen LogP contribution < -0.4 is 10.1 Å². The van der Waals surface area contributed by atoms with Crippen molar-refractivity contribution in [3.63, 3.8) is 0 Å². The van der Waals surface area contributed by atoms with Gasteiger partial charge in [0.2, 0.25) is 0 Å². The zero-order valence-corrected chi connectivity index (χ0v) is 11.6. The van der Waals surface area contributed by atoms with Crippen molar-refractivity contribution >= 4 is 11.6 Å². The van der Waals surface area contributed by atoms with Crippen LogP contribution in [0.3, 0.4) is 0 Å². The minimum absolute atomic E-state index is 0.734. The molecule has 1 N–H and O–H groups in total. The van der Waals surface area contributed by atoms with E-state index in [1.165, 1.54) is 5.56 Å². The summed E-state index contributed by atoms with van der Waals surface area (Å²) >= 11 is 5.84. The first-order valence-electron chi connectivity index (χ1n) is 6.47. The molecule has 0 spiro atoms. The maximum atomic E-state index is 5.84. The van der Waals surface area contributed by atoms with Gasteiger partial charge in [0.15, 0.2) is 0 Å². The Labute approximate surface area is 119 Å². The maximum Gasteiger partial charge on any atom is 0.119 e. The van der Waals surface area contributed by atoms with E-state index < -0.39 is 0 Å². The van der Waals surface area contributed by atoms with E-state index in [-0.39, 0.29) is 0 Å². The Balaban J connectivity index is 1.56. The molecular weight excluding hydrogens is 258 g/mol. The smallest absolute Gasteiger partial charge is 0.119 e. The molecule has 0 aliphatic rings. The molecule has 0 aromatic heterocycles. The number of hydrogen-bond donors (Lipinski definition) is 1. The Morgan fingerprint density at radius 2 is 1.68 bits per heavy atom. The lowest BCUT2D eigenvalue weighted by atomic mass is 10.2. The number of rotatable bonds is 7. The minimum Gasteiger partial charge on any atom is -0.494 e. The highest BCUT2D eigenvalue weighted by atomic mass is 35.5. The predicted molar refractivity (Wildman–Crippen MR) is 79.7 cm³/mol. The van der Waals surface area contributed by atoms with E-state index in [9.17, 15) is 0 Å². The second-order valence-electron chi connectivity index (χ2n) is 4.32. The molecule has 0 fully saturated rings. The molecule has 0 unspecified atom stereocenters. The van der Waals surface area contributed by atoms with Gasteiger partial charge in [-0.25, -0.2) is 0 Å². The van der Waals surface area contributed by atoms with Crippen molar-refractivity contribution in [3.05, 3.63) is 65.2 Å². The van der Waals surface area contributed by atoms with E-state index >= 15 is 0 Å². The summed E-state index contributed by atoms with van der Waals surface area (Å²) in [5.74, 6) is 0.931. The first-order chi connectivity index (χ1) is 9.34. The molecule has 19 heavy (non-hydrogen) atoms. The molecule has 3 heteroatoms. The average molecular weight is 276 g/mol. The van der Waals surface area contributed by atoms with Crippen LogP contribution in [0.25, 0.3) is 0 Å². The third-order valence-corrected chi connectivity index (χ3v) is 3.00. The van der Waals surface area contributed by atoms with Crippen molar-refractivity contribution in [2.75, 3.05) is 13.2 Å². The summed E-state index contributed by atoms with van der Waals surface area (Å²) in [7, 11) is 0. The quantitative estimate of drug-likeness (QED) is 0.774. The summed E-state index contributed by atoms with van der Waals surface area (Å²) < 4.78 is 5.62. The highest BCUT2D eigenvalue weighted by Gasteiger charge is 1.94. The van der Waals surface area contributed by atoms with Gasteiger partial charge in [-0.1, -0.05) is 41.9 Å². The first kappa shape index (κ1) is 13.9. The molecule has 0 saturated heterocycles. The topological polar surface area (TPSA) is 21.3 Å². The van der Waals surface area contributed by atoms with Crippen LogP contribution in [0, 0.1) is 0 Å². The van der Waals surface area contributed by atoms with Gasteiger partial charge in [-0.15, -0.1) is 0 Å². The molecule has 0 aliphatic heterocycles. The van der Waals surface area contributed by atoms with Gasteiger partial charge in [0.25, 0.3) is 0 Å². The zero-order valence-electron chi connectivity index (χ0n) is 10.8. The Morgan fingerprint density at radius 1 is 0.947 bits per heavy atom. The van der Waals surface area contributed by atoms with Crippen LogP contribution in [0.1, 0.15) is 12.0 Å². The summed E-state index contributed by atoms with van der Waals surface area (Å²) in [6.45, 7) is 2.54. The highest BCUT2D eigenvalue weighted by Crippen LogP contribution is 2.09. The van der Waals surface area contributed by atoms with E-state index in [0.29, 0.717) is 0 Å². The van der Waals surface area contributed by atoms with Gasteiger partial charge in [-0.2, -0.15) is 0 Å². The van der Waals surface area contributed by atoms with Crippen LogP contribution in [0.5, 0.6) is 5.75 Å². The first-order valence-corrected chi connectivity index (χ1v) is 6.85. The summed E-state index contributed by atoms with van der Waals surface area (Å²) in [4.78, 5) is 0. The summed E-state index contributed by atoms with van der Waals surface area (Å²) in [5.41, 5.74) is 1.24. The third kappa shape index (κ3) is 5.33. The second-order valence-corrected chi connectivity index (χ2v) is 4.75. The van der Waals surface area contributed by atoms with Gasteiger partial charge < -0.3 is 10.1 Å². The Hall–Kier alpha value is -1.51. The van der Waals surface area contributed by atoms with Crippen LogP contribution in [-0.2, 0) is 6.54 Å². The molecule has 0 amide bonds. The molecule has 0 radical (unpaired) electrons. The van der Waals surface area contributed by atoms with Crippen molar-refractivity contribution in [2.45, 2.75) is 13.0 Å². The van der Waals surface area contributed by atoms with E-state index in [1.807, 2.05) is 54.6 Å². The number of halogens is 1. The van der Waals surface area contributed by atoms with E-state index in [2.05, 4.69) is 5.32 Å². The number of hydrogen-bond acceptors (Lipinski definition) is 2. The fraction of sp³-hybridized carbons (Fsp3) is 0.250. The molecule has 0 bridgehead atoms. The monoisotopic (exact) mass is 275 g/mol. The van der Waals surface area contributed by atoms with Crippen molar-refractivity contribution in [1.29, 1.82) is 0 Å². The van der Waals surface area contributed by atoms with E-state index in [0.717, 1.165) is 36.9 Å². The third-order valence-electron chi connectivity index (χ3n) is 2.75. The second kappa shape index (κ2) is 7.82. The van der Waals surface area contributed by atoms with Crippen molar-refractivity contribution < 1.29 is 4.74 Å². The van der Waals surface area contributed by atoms with Crippen LogP contribution >= 0.6 is 11.6 Å². The van der Waals surface area contributed by atoms with Gasteiger partial charge in [0, 0.05) is 11.6 Å². The average Bonchev–Trinajstić information content (AvgIpc) is 2.46. The lowest BCUT2D eigenvalue weighted by molar-refractivity contribution is 0.308. The number of para-hydroxylation sites is 1. The normalized spacial score (nSPS) is 10.4. The van der Waals surface area contributed by atoms with Crippen LogP contribution in [0.4, 0.5) is 0 Å². The number of benzene rings is 2. The van der Waals surface area contributed by atoms with Gasteiger partial charge in [-0.3, -0.25) is 0 Å². The molecule has 2 nitrogen and oxygen atoms in total. The van der Waals surface area contributed by atoms with Crippen molar-refractivity contribution in [3.8, 4) is 5.75 Å². The molecule has 2 aromatic carbocycles. The number of ether oxygens (including phenoxy) is 1. The lowest BCUT2D eigenvalue weighted by Gasteiger charge is -2.07. The summed E-state index contributed by atoms with van der Waals surface area (Å²) in [5, 5.41) is 4.16. The molecule has 0 atom stereocenters. The van der Waals surface area contributed by atoms with Gasteiger partial charge in [0.05, 0.1) is 6.61 Å². The van der Waals surface area contributed by atoms with Crippen LogP contribution in [0.2, 0.25) is 5.02 Å². The maximum absolute atomic E-state index is 5.84. The SMILES string of the molecule is Clc1ccc(CNCCCOc2ccccc2)cc1. The Kier molecular flexibility index (Phi) is 5.73. The van der Waals surface area contributed by atoms with E-state index in [1.54, 1.807) is 0 Å². The molecular formula is C16H18ClNO. The van der Waals surface area contributed by atoms with Crippen LogP contribution in [-0.4, -0.2) is 13.2 Å². The van der Waals surface area contributed by atoms with Crippen LogP contribution in [0.15, 0.2) is 54.6 Å². The number of nitrogens with one attached hydrogen (secondary N) is 1. The standard InChI is InChI=1S/C16H18ClNO/c17-15-9-7-14(8-10-15)13-18-11-4-12-19-16-5-2-1-3-6-16/h1-3,5-10,18H,4,11-13H2. The van der Waals surface area contributed by atoms with Gasteiger partial charge in [0.1, 0.15) is 5.75 Å². The minimum atomic E-state index is 0.734. The fourth-order valence-corrected chi connectivity index (χ4v) is 1.86. The summed E-state index contributed by atoms with van der Waals surface area (Å²) in [6, 6.07) is 17.8. The molecule has 0 saturated carbocycles. The zero-order chi connectivity index (χ0) is 13.3. The lowest BCUT2D eigenvalue weighted by Crippen LogP contribution is -2.16. The van der Waals surface area contributed by atoms with Gasteiger partial charge in [-0.05, 0) is 42.8 Å². The molecule has 100 valence electrons. The molecule has 0 aliphatic carbocycles. The highest BCUT2D eigenvalue weighted by molar-refractivity contribution is 6.30. The summed E-state index contributed by atoms with van der Waals surface area (Å²) in [6.07, 6.45) is 0.989. The molecule has 2 rings (SSSR count). The molecule has 2 aromatic rings. The predicted octanol–water partition coefficient (Wildman–Crippen LogP) is 3.90. The largest absolute Gasteiger partial charge is 0.494 e. The molecule has 0 heterocycles. The van der Waals surface area contributed by atoms with Crippen molar-refractivity contribution in [2.24, 2.45) is 0 Å². The van der Waals surface area contributed by atoms with E-state index in [4.69, 9.17) is 16.3 Å². The fourth-order valence-electron chi connectivity index (χ4n) is 1.74. The Morgan fingerprint density at radius 3 is 2.42 bits per heavy atom.